The highest BCUT2D eigenvalue weighted by molar-refractivity contribution is 7.89. The summed E-state index contributed by atoms with van der Waals surface area (Å²) in [5.74, 6) is 2.46. The van der Waals surface area contributed by atoms with Crippen molar-refractivity contribution in [3.63, 3.8) is 0 Å². The average molecular weight is 375 g/mol. The SMILES string of the molecule is COc1ccc(S(=O)(=O)NCCc2c3c(cc4c2OCC4)OCC3)cc1. The zero-order valence-electron chi connectivity index (χ0n) is 14.6. The Kier molecular flexibility index (Phi) is 4.50. The van der Waals surface area contributed by atoms with E-state index in [1.807, 2.05) is 0 Å². The van der Waals surface area contributed by atoms with Crippen molar-refractivity contribution in [1.82, 2.24) is 4.72 Å². The van der Waals surface area contributed by atoms with Gasteiger partial charge in [0.05, 0.1) is 25.2 Å². The first-order chi connectivity index (χ1) is 12.6. The highest BCUT2D eigenvalue weighted by atomic mass is 32.2. The minimum absolute atomic E-state index is 0.224. The summed E-state index contributed by atoms with van der Waals surface area (Å²) in [7, 11) is -2.02. The van der Waals surface area contributed by atoms with Crippen LogP contribution in [-0.2, 0) is 29.3 Å². The van der Waals surface area contributed by atoms with Gasteiger partial charge in [0.1, 0.15) is 17.2 Å². The summed E-state index contributed by atoms with van der Waals surface area (Å²) in [6, 6.07) is 8.41. The summed E-state index contributed by atoms with van der Waals surface area (Å²) in [6.45, 7) is 1.65. The molecule has 2 heterocycles. The number of benzene rings is 2. The molecule has 0 aromatic heterocycles. The molecular weight excluding hydrogens is 354 g/mol. The number of nitrogens with one attached hydrogen (secondary N) is 1. The van der Waals surface area contributed by atoms with Gasteiger partial charge in [-0.05, 0) is 36.8 Å². The lowest BCUT2D eigenvalue weighted by atomic mass is 9.97. The van der Waals surface area contributed by atoms with Gasteiger partial charge in [-0.25, -0.2) is 13.1 Å². The third-order valence-corrected chi connectivity index (χ3v) is 6.27. The Morgan fingerprint density at radius 3 is 2.65 bits per heavy atom. The summed E-state index contributed by atoms with van der Waals surface area (Å²) < 4.78 is 44.2. The fourth-order valence-electron chi connectivity index (χ4n) is 3.50. The predicted octanol–water partition coefficient (Wildman–Crippen LogP) is 2.09. The Balaban J connectivity index is 1.50. The monoisotopic (exact) mass is 375 g/mol. The lowest BCUT2D eigenvalue weighted by Crippen LogP contribution is -2.26. The summed E-state index contributed by atoms with van der Waals surface area (Å²) in [6.07, 6.45) is 2.29. The van der Waals surface area contributed by atoms with Gasteiger partial charge in [-0.1, -0.05) is 0 Å². The molecule has 4 rings (SSSR count). The van der Waals surface area contributed by atoms with E-state index in [2.05, 4.69) is 10.8 Å². The summed E-state index contributed by atoms with van der Waals surface area (Å²) in [5, 5.41) is 0. The topological polar surface area (TPSA) is 73.9 Å². The van der Waals surface area contributed by atoms with E-state index in [4.69, 9.17) is 14.2 Å². The van der Waals surface area contributed by atoms with Crippen LogP contribution in [0.5, 0.6) is 17.2 Å². The van der Waals surface area contributed by atoms with Crippen LogP contribution in [0.15, 0.2) is 35.2 Å². The molecule has 26 heavy (non-hydrogen) atoms. The zero-order chi connectivity index (χ0) is 18.1. The number of ether oxygens (including phenoxy) is 3. The minimum Gasteiger partial charge on any atom is -0.497 e. The third-order valence-electron chi connectivity index (χ3n) is 4.80. The van der Waals surface area contributed by atoms with Gasteiger partial charge in [0, 0.05) is 36.1 Å². The molecule has 0 radical (unpaired) electrons. The molecule has 0 saturated carbocycles. The Morgan fingerprint density at radius 2 is 1.88 bits per heavy atom. The van der Waals surface area contributed by atoms with Gasteiger partial charge < -0.3 is 14.2 Å². The summed E-state index contributed by atoms with van der Waals surface area (Å²) in [5.41, 5.74) is 3.37. The van der Waals surface area contributed by atoms with E-state index in [1.54, 1.807) is 19.2 Å². The number of fused-ring (bicyclic) bond motifs is 2. The third kappa shape index (κ3) is 3.12. The molecule has 0 spiro atoms. The van der Waals surface area contributed by atoms with Crippen LogP contribution in [0.25, 0.3) is 0 Å². The van der Waals surface area contributed by atoms with E-state index in [-0.39, 0.29) is 4.90 Å². The van der Waals surface area contributed by atoms with Gasteiger partial charge in [0.15, 0.2) is 0 Å². The normalized spacial score (nSPS) is 15.1. The molecule has 2 aromatic rings. The predicted molar refractivity (Wildman–Crippen MR) is 96.7 cm³/mol. The van der Waals surface area contributed by atoms with E-state index in [1.165, 1.54) is 12.1 Å². The van der Waals surface area contributed by atoms with Crippen LogP contribution in [0.3, 0.4) is 0 Å². The first-order valence-electron chi connectivity index (χ1n) is 8.65. The van der Waals surface area contributed by atoms with Crippen molar-refractivity contribution in [2.24, 2.45) is 0 Å². The molecule has 2 aliphatic heterocycles. The molecule has 0 atom stereocenters. The Hall–Kier alpha value is -2.25. The molecule has 138 valence electrons. The highest BCUT2D eigenvalue weighted by Crippen LogP contribution is 2.40. The van der Waals surface area contributed by atoms with Crippen molar-refractivity contribution in [2.75, 3.05) is 26.9 Å². The second-order valence-electron chi connectivity index (χ2n) is 6.34. The van der Waals surface area contributed by atoms with Crippen molar-refractivity contribution in [3.8, 4) is 17.2 Å². The molecule has 0 amide bonds. The van der Waals surface area contributed by atoms with Crippen molar-refractivity contribution in [1.29, 1.82) is 0 Å². The van der Waals surface area contributed by atoms with Gasteiger partial charge in [-0.3, -0.25) is 0 Å². The van der Waals surface area contributed by atoms with Gasteiger partial charge >= 0.3 is 0 Å². The molecule has 2 aromatic carbocycles. The quantitative estimate of drug-likeness (QED) is 0.837. The van der Waals surface area contributed by atoms with Crippen LogP contribution >= 0.6 is 0 Å². The Labute approximate surface area is 153 Å². The first-order valence-corrected chi connectivity index (χ1v) is 10.1. The van der Waals surface area contributed by atoms with Crippen LogP contribution in [0.1, 0.15) is 16.7 Å². The first kappa shape index (κ1) is 17.2. The maximum atomic E-state index is 12.5. The number of hydrogen-bond acceptors (Lipinski definition) is 5. The largest absolute Gasteiger partial charge is 0.497 e. The van der Waals surface area contributed by atoms with Crippen molar-refractivity contribution in [2.45, 2.75) is 24.2 Å². The number of methoxy groups -OCH3 is 1. The fourth-order valence-corrected chi connectivity index (χ4v) is 4.53. The van der Waals surface area contributed by atoms with Crippen LogP contribution in [0.4, 0.5) is 0 Å². The molecule has 2 aliphatic rings. The summed E-state index contributed by atoms with van der Waals surface area (Å²) in [4.78, 5) is 0.224. The second-order valence-corrected chi connectivity index (χ2v) is 8.11. The molecular formula is C19H21NO5S. The molecule has 1 N–H and O–H groups in total. The molecule has 0 bridgehead atoms. The molecule has 6 nitrogen and oxygen atoms in total. The zero-order valence-corrected chi connectivity index (χ0v) is 15.4. The number of hydrogen-bond donors (Lipinski definition) is 1. The van der Waals surface area contributed by atoms with E-state index in [0.717, 1.165) is 41.0 Å². The van der Waals surface area contributed by atoms with Crippen LogP contribution < -0.4 is 18.9 Å². The molecule has 0 aliphatic carbocycles. The van der Waals surface area contributed by atoms with E-state index in [0.29, 0.717) is 31.9 Å². The van der Waals surface area contributed by atoms with E-state index in [9.17, 15) is 8.42 Å². The van der Waals surface area contributed by atoms with Crippen LogP contribution in [0, 0.1) is 0 Å². The Morgan fingerprint density at radius 1 is 1.12 bits per heavy atom. The maximum absolute atomic E-state index is 12.5. The van der Waals surface area contributed by atoms with E-state index >= 15 is 0 Å². The fraction of sp³-hybridized carbons (Fsp3) is 0.368. The smallest absolute Gasteiger partial charge is 0.240 e. The minimum atomic E-state index is -3.56. The lowest BCUT2D eigenvalue weighted by molar-refractivity contribution is 0.353. The van der Waals surface area contributed by atoms with Gasteiger partial charge in [-0.2, -0.15) is 0 Å². The highest BCUT2D eigenvalue weighted by Gasteiger charge is 2.26. The summed E-state index contributed by atoms with van der Waals surface area (Å²) >= 11 is 0. The lowest BCUT2D eigenvalue weighted by Gasteiger charge is -2.13. The number of rotatable bonds is 6. The van der Waals surface area contributed by atoms with Gasteiger partial charge in [0.2, 0.25) is 10.0 Å². The molecule has 0 unspecified atom stereocenters. The molecule has 0 saturated heterocycles. The van der Waals surface area contributed by atoms with Crippen molar-refractivity contribution in [3.05, 3.63) is 47.0 Å². The average Bonchev–Trinajstić information content (AvgIpc) is 3.30. The molecule has 7 heteroatoms. The van der Waals surface area contributed by atoms with Crippen molar-refractivity contribution >= 4 is 10.0 Å². The second kappa shape index (κ2) is 6.81. The van der Waals surface area contributed by atoms with Crippen LogP contribution in [0.2, 0.25) is 0 Å². The Bertz CT molecular complexity index is 890. The standard InChI is InChI=1S/C19H21NO5S/c1-23-14-2-4-15(5-3-14)26(21,22)20-9-6-17-16-8-11-24-18(16)12-13-7-10-25-19(13)17/h2-5,12,20H,6-11H2,1H3. The van der Waals surface area contributed by atoms with Gasteiger partial charge in [0.25, 0.3) is 0 Å². The van der Waals surface area contributed by atoms with Crippen molar-refractivity contribution < 1.29 is 22.6 Å². The van der Waals surface area contributed by atoms with E-state index < -0.39 is 10.0 Å². The maximum Gasteiger partial charge on any atom is 0.240 e. The number of sulfonamides is 1. The van der Waals surface area contributed by atoms with Gasteiger partial charge in [-0.15, -0.1) is 0 Å². The van der Waals surface area contributed by atoms with Crippen LogP contribution in [-0.4, -0.2) is 35.3 Å². The molecule has 0 fully saturated rings.